The van der Waals surface area contributed by atoms with Crippen molar-refractivity contribution in [3.8, 4) is 23.0 Å². The largest absolute Gasteiger partial charge is 0.415 e. The molecule has 0 unspecified atom stereocenters. The smallest absolute Gasteiger partial charge is 0.268 e. The Bertz CT molecular complexity index is 1460. The van der Waals surface area contributed by atoms with Gasteiger partial charge in [-0.2, -0.15) is 9.40 Å². The van der Waals surface area contributed by atoms with E-state index in [0.29, 0.717) is 34.7 Å². The molecular formula is C23H22FN5O3S. The number of aromatic nitrogens is 4. The van der Waals surface area contributed by atoms with E-state index in [1.54, 1.807) is 29.8 Å². The van der Waals surface area contributed by atoms with Gasteiger partial charge in [0.25, 0.3) is 5.89 Å². The Hall–Kier alpha value is -3.37. The molecule has 170 valence electrons. The van der Waals surface area contributed by atoms with Gasteiger partial charge in [-0.05, 0) is 55.3 Å². The van der Waals surface area contributed by atoms with Crippen LogP contribution in [0.3, 0.4) is 0 Å². The van der Waals surface area contributed by atoms with Crippen LogP contribution < -0.4 is 0 Å². The average Bonchev–Trinajstić information content (AvgIpc) is 3.40. The fourth-order valence-corrected chi connectivity index (χ4v) is 5.82. The van der Waals surface area contributed by atoms with Gasteiger partial charge in [0.15, 0.2) is 5.69 Å². The molecule has 4 aromatic rings. The third kappa shape index (κ3) is 3.75. The van der Waals surface area contributed by atoms with Gasteiger partial charge in [0.05, 0.1) is 4.90 Å². The summed E-state index contributed by atoms with van der Waals surface area (Å²) >= 11 is 0. The van der Waals surface area contributed by atoms with Crippen LogP contribution in [0.2, 0.25) is 0 Å². The van der Waals surface area contributed by atoms with E-state index in [9.17, 15) is 12.8 Å². The van der Waals surface area contributed by atoms with E-state index >= 15 is 0 Å². The molecular weight excluding hydrogens is 445 g/mol. The quantitative estimate of drug-likeness (QED) is 0.455. The zero-order valence-corrected chi connectivity index (χ0v) is 19.2. The van der Waals surface area contributed by atoms with Crippen LogP contribution in [-0.2, 0) is 30.0 Å². The van der Waals surface area contributed by atoms with Crippen LogP contribution in [0.4, 0.5) is 4.39 Å². The Balaban J connectivity index is 1.51. The summed E-state index contributed by atoms with van der Waals surface area (Å²) in [5.41, 5.74) is 4.30. The first-order valence-corrected chi connectivity index (χ1v) is 11.9. The highest BCUT2D eigenvalue weighted by molar-refractivity contribution is 7.89. The van der Waals surface area contributed by atoms with Crippen molar-refractivity contribution >= 4 is 10.0 Å². The number of nitrogens with zero attached hydrogens (tertiary/aromatic N) is 5. The molecule has 0 bridgehead atoms. The molecule has 0 saturated carbocycles. The SMILES string of the molecule is Cc1ccc(C)c(S(=O)(=O)N2CCc3c(c(-c4nnc(-c5ccc(F)cc5)o4)nn3C)C2)c1. The summed E-state index contributed by atoms with van der Waals surface area (Å²) in [4.78, 5) is 0.313. The standard InChI is InChI=1S/C23H22FN5O3S/c1-14-4-5-15(2)20(12-14)33(30,31)29-11-10-19-18(13-29)21(27-28(19)3)23-26-25-22(32-23)16-6-8-17(24)9-7-16/h4-9,12H,10-11,13H2,1-3H3. The number of sulfonamides is 1. The predicted molar refractivity (Wildman–Crippen MR) is 119 cm³/mol. The first kappa shape index (κ1) is 21.5. The van der Waals surface area contributed by atoms with Gasteiger partial charge < -0.3 is 4.42 Å². The highest BCUT2D eigenvalue weighted by Crippen LogP contribution is 2.33. The second-order valence-corrected chi connectivity index (χ2v) is 10.1. The van der Waals surface area contributed by atoms with Crippen LogP contribution >= 0.6 is 0 Å². The molecule has 0 fully saturated rings. The van der Waals surface area contributed by atoms with Crippen molar-refractivity contribution in [2.45, 2.75) is 31.7 Å². The van der Waals surface area contributed by atoms with Crippen molar-refractivity contribution in [3.63, 3.8) is 0 Å². The fraction of sp³-hybridized carbons (Fsp3) is 0.261. The van der Waals surface area contributed by atoms with Gasteiger partial charge >= 0.3 is 0 Å². The van der Waals surface area contributed by atoms with E-state index < -0.39 is 10.0 Å². The lowest BCUT2D eigenvalue weighted by Gasteiger charge is -2.27. The van der Waals surface area contributed by atoms with Crippen LogP contribution in [0.5, 0.6) is 0 Å². The summed E-state index contributed by atoms with van der Waals surface area (Å²) in [6.07, 6.45) is 0.516. The number of hydrogen-bond acceptors (Lipinski definition) is 6. The van der Waals surface area contributed by atoms with Crippen molar-refractivity contribution in [1.29, 1.82) is 0 Å². The number of halogens is 1. The van der Waals surface area contributed by atoms with Crippen molar-refractivity contribution in [2.24, 2.45) is 7.05 Å². The van der Waals surface area contributed by atoms with Gasteiger partial charge in [-0.3, -0.25) is 4.68 Å². The summed E-state index contributed by atoms with van der Waals surface area (Å²) in [5.74, 6) is 0.0691. The first-order valence-electron chi connectivity index (χ1n) is 10.5. The van der Waals surface area contributed by atoms with Crippen LogP contribution in [-0.4, -0.2) is 39.2 Å². The summed E-state index contributed by atoms with van der Waals surface area (Å²) in [7, 11) is -1.88. The Morgan fingerprint density at radius 1 is 1.03 bits per heavy atom. The molecule has 0 N–H and O–H groups in total. The van der Waals surface area contributed by atoms with Gasteiger partial charge in [-0.1, -0.05) is 12.1 Å². The molecule has 10 heteroatoms. The molecule has 0 radical (unpaired) electrons. The molecule has 3 heterocycles. The van der Waals surface area contributed by atoms with Crippen molar-refractivity contribution in [3.05, 3.63) is 70.7 Å². The van der Waals surface area contributed by atoms with Crippen LogP contribution in [0.15, 0.2) is 51.8 Å². The minimum Gasteiger partial charge on any atom is -0.415 e. The maximum Gasteiger partial charge on any atom is 0.268 e. The minimum atomic E-state index is -3.70. The number of benzene rings is 2. The molecule has 0 aliphatic carbocycles. The zero-order chi connectivity index (χ0) is 23.3. The Morgan fingerprint density at radius 3 is 2.52 bits per heavy atom. The molecule has 5 rings (SSSR count). The summed E-state index contributed by atoms with van der Waals surface area (Å²) in [5, 5.41) is 12.7. The molecule has 1 aliphatic rings. The van der Waals surface area contributed by atoms with Crippen LogP contribution in [0.25, 0.3) is 23.0 Å². The summed E-state index contributed by atoms with van der Waals surface area (Å²) < 4.78 is 49.2. The van der Waals surface area contributed by atoms with Gasteiger partial charge in [0, 0.05) is 43.4 Å². The summed E-state index contributed by atoms with van der Waals surface area (Å²) in [6, 6.07) is 11.2. The zero-order valence-electron chi connectivity index (χ0n) is 18.4. The monoisotopic (exact) mass is 467 g/mol. The third-order valence-corrected chi connectivity index (χ3v) is 7.87. The lowest BCUT2D eigenvalue weighted by atomic mass is 10.1. The summed E-state index contributed by atoms with van der Waals surface area (Å²) in [6.45, 7) is 4.18. The predicted octanol–water partition coefficient (Wildman–Crippen LogP) is 3.64. The molecule has 0 amide bonds. The average molecular weight is 468 g/mol. The topological polar surface area (TPSA) is 94.1 Å². The van der Waals surface area contributed by atoms with E-state index in [0.717, 1.165) is 16.8 Å². The highest BCUT2D eigenvalue weighted by Gasteiger charge is 2.34. The van der Waals surface area contributed by atoms with Crippen molar-refractivity contribution in [2.75, 3.05) is 6.54 Å². The fourth-order valence-electron chi connectivity index (χ4n) is 4.10. The maximum atomic E-state index is 13.5. The Kier molecular flexibility index (Phi) is 5.13. The van der Waals surface area contributed by atoms with E-state index in [-0.39, 0.29) is 24.1 Å². The third-order valence-electron chi connectivity index (χ3n) is 5.89. The van der Waals surface area contributed by atoms with Gasteiger partial charge in [0.2, 0.25) is 15.9 Å². The number of aryl methyl sites for hydroxylation is 3. The van der Waals surface area contributed by atoms with E-state index in [1.807, 2.05) is 26.1 Å². The second kappa shape index (κ2) is 7.89. The van der Waals surface area contributed by atoms with Crippen LogP contribution in [0, 0.1) is 19.7 Å². The normalized spacial score (nSPS) is 14.4. The van der Waals surface area contributed by atoms with Gasteiger partial charge in [-0.25, -0.2) is 12.8 Å². The lowest BCUT2D eigenvalue weighted by Crippen LogP contribution is -2.36. The maximum absolute atomic E-state index is 13.5. The number of rotatable bonds is 4. The Morgan fingerprint density at radius 2 is 1.76 bits per heavy atom. The first-order chi connectivity index (χ1) is 15.7. The molecule has 0 saturated heterocycles. The highest BCUT2D eigenvalue weighted by atomic mass is 32.2. The molecule has 0 spiro atoms. The van der Waals surface area contributed by atoms with Crippen molar-refractivity contribution < 1.29 is 17.2 Å². The molecule has 1 aliphatic heterocycles. The van der Waals surface area contributed by atoms with Crippen molar-refractivity contribution in [1.82, 2.24) is 24.3 Å². The van der Waals surface area contributed by atoms with E-state index in [1.165, 1.54) is 16.4 Å². The van der Waals surface area contributed by atoms with E-state index in [2.05, 4.69) is 15.3 Å². The molecule has 2 aromatic heterocycles. The molecule has 2 aromatic carbocycles. The van der Waals surface area contributed by atoms with Crippen LogP contribution in [0.1, 0.15) is 22.4 Å². The minimum absolute atomic E-state index is 0.155. The van der Waals surface area contributed by atoms with Gasteiger partial charge in [0.1, 0.15) is 5.82 Å². The molecule has 8 nitrogen and oxygen atoms in total. The Labute approximate surface area is 190 Å². The van der Waals surface area contributed by atoms with Gasteiger partial charge in [-0.15, -0.1) is 10.2 Å². The number of fused-ring (bicyclic) bond motifs is 1. The second-order valence-electron chi connectivity index (χ2n) is 8.17. The molecule has 33 heavy (non-hydrogen) atoms. The van der Waals surface area contributed by atoms with E-state index in [4.69, 9.17) is 4.42 Å². The lowest BCUT2D eigenvalue weighted by molar-refractivity contribution is 0.385. The number of hydrogen-bond donors (Lipinski definition) is 0. The molecule has 0 atom stereocenters.